The fourth-order valence-electron chi connectivity index (χ4n) is 1.37. The zero-order chi connectivity index (χ0) is 13.9. The van der Waals surface area contributed by atoms with E-state index in [1.807, 2.05) is 0 Å². The van der Waals surface area contributed by atoms with Crippen molar-refractivity contribution in [2.75, 3.05) is 0 Å². The summed E-state index contributed by atoms with van der Waals surface area (Å²) in [5, 5.41) is 0. The quantitative estimate of drug-likeness (QED) is 0.446. The van der Waals surface area contributed by atoms with Gasteiger partial charge in [-0.2, -0.15) is 13.2 Å². The molecule has 18 heavy (non-hydrogen) atoms. The lowest BCUT2D eigenvalue weighted by molar-refractivity contribution is -0.140. The zero-order valence-electron chi connectivity index (χ0n) is 9.77. The largest absolute Gasteiger partial charge is 0.419 e. The van der Waals surface area contributed by atoms with E-state index in [-0.39, 0.29) is 12.0 Å². The predicted molar refractivity (Wildman–Crippen MR) is 59.8 cm³/mol. The third kappa shape index (κ3) is 3.42. The van der Waals surface area contributed by atoms with E-state index in [2.05, 4.69) is 6.58 Å². The van der Waals surface area contributed by atoms with Gasteiger partial charge in [0.25, 0.3) is 0 Å². The molecule has 0 radical (unpaired) electrons. The standard InChI is InChI=1S/C13H12F4O/c1-3-8(2)6-12(18)9-4-5-11(14)10(7-9)13(15,16)17/h4-5,7H,2-3,6H2,1H3. The highest BCUT2D eigenvalue weighted by Crippen LogP contribution is 2.32. The minimum absolute atomic E-state index is 0.0283. The van der Waals surface area contributed by atoms with E-state index in [1.165, 1.54) is 0 Å². The van der Waals surface area contributed by atoms with Crippen molar-refractivity contribution < 1.29 is 22.4 Å². The van der Waals surface area contributed by atoms with Crippen LogP contribution in [-0.4, -0.2) is 5.78 Å². The molecule has 1 aromatic carbocycles. The highest BCUT2D eigenvalue weighted by Gasteiger charge is 2.34. The van der Waals surface area contributed by atoms with Gasteiger partial charge in [-0.25, -0.2) is 4.39 Å². The first kappa shape index (κ1) is 14.4. The second kappa shape index (κ2) is 5.33. The Morgan fingerprint density at radius 3 is 2.44 bits per heavy atom. The van der Waals surface area contributed by atoms with Crippen molar-refractivity contribution in [3.05, 3.63) is 47.3 Å². The molecule has 0 aliphatic heterocycles. The van der Waals surface area contributed by atoms with Gasteiger partial charge in [-0.05, 0) is 24.6 Å². The molecule has 5 heteroatoms. The molecule has 0 aromatic heterocycles. The smallest absolute Gasteiger partial charge is 0.294 e. The lowest BCUT2D eigenvalue weighted by Gasteiger charge is -2.09. The number of ketones is 1. The highest BCUT2D eigenvalue weighted by molar-refractivity contribution is 5.97. The molecule has 0 N–H and O–H groups in total. The zero-order valence-corrected chi connectivity index (χ0v) is 9.77. The van der Waals surface area contributed by atoms with Gasteiger partial charge in [-0.15, -0.1) is 0 Å². The molecule has 98 valence electrons. The summed E-state index contributed by atoms with van der Waals surface area (Å²) in [5.74, 6) is -1.87. The second-order valence-electron chi connectivity index (χ2n) is 3.90. The van der Waals surface area contributed by atoms with Gasteiger partial charge < -0.3 is 0 Å². The van der Waals surface area contributed by atoms with Gasteiger partial charge >= 0.3 is 6.18 Å². The highest BCUT2D eigenvalue weighted by atomic mass is 19.4. The number of rotatable bonds is 4. The second-order valence-corrected chi connectivity index (χ2v) is 3.90. The molecule has 0 bridgehead atoms. The fourth-order valence-corrected chi connectivity index (χ4v) is 1.37. The Hall–Kier alpha value is -1.65. The van der Waals surface area contributed by atoms with E-state index in [1.54, 1.807) is 6.92 Å². The molecule has 1 aromatic rings. The summed E-state index contributed by atoms with van der Waals surface area (Å²) < 4.78 is 50.4. The van der Waals surface area contributed by atoms with Crippen molar-refractivity contribution in [1.82, 2.24) is 0 Å². The first-order valence-electron chi connectivity index (χ1n) is 5.32. The number of halogens is 4. The van der Waals surface area contributed by atoms with Crippen LogP contribution in [0.15, 0.2) is 30.4 Å². The van der Waals surface area contributed by atoms with Gasteiger partial charge in [-0.1, -0.05) is 19.1 Å². The van der Waals surface area contributed by atoms with Crippen LogP contribution in [0.25, 0.3) is 0 Å². The Morgan fingerprint density at radius 1 is 1.33 bits per heavy atom. The van der Waals surface area contributed by atoms with Crippen LogP contribution in [-0.2, 0) is 6.18 Å². The Balaban J connectivity index is 3.06. The van der Waals surface area contributed by atoms with Crippen molar-refractivity contribution in [2.24, 2.45) is 0 Å². The van der Waals surface area contributed by atoms with Crippen LogP contribution in [0.2, 0.25) is 0 Å². The maximum atomic E-state index is 13.0. The van der Waals surface area contributed by atoms with E-state index >= 15 is 0 Å². The number of benzene rings is 1. The average Bonchev–Trinajstić information content (AvgIpc) is 2.27. The van der Waals surface area contributed by atoms with E-state index in [0.29, 0.717) is 24.1 Å². The number of hydrogen-bond acceptors (Lipinski definition) is 1. The molecule has 0 saturated heterocycles. The van der Waals surface area contributed by atoms with Gasteiger partial charge in [0, 0.05) is 12.0 Å². The SMILES string of the molecule is C=C(CC)CC(=O)c1ccc(F)c(C(F)(F)F)c1. The maximum absolute atomic E-state index is 13.0. The normalized spacial score (nSPS) is 11.4. The van der Waals surface area contributed by atoms with Crippen molar-refractivity contribution in [2.45, 2.75) is 25.9 Å². The summed E-state index contributed by atoms with van der Waals surface area (Å²) in [6.07, 6.45) is -4.26. The van der Waals surface area contributed by atoms with Crippen LogP contribution in [0.1, 0.15) is 35.7 Å². The summed E-state index contributed by atoms with van der Waals surface area (Å²) in [6.45, 7) is 5.40. The van der Waals surface area contributed by atoms with Crippen molar-refractivity contribution in [3.63, 3.8) is 0 Å². The molecular weight excluding hydrogens is 248 g/mol. The van der Waals surface area contributed by atoms with E-state index in [4.69, 9.17) is 0 Å². The van der Waals surface area contributed by atoms with Crippen LogP contribution < -0.4 is 0 Å². The number of Topliss-reactive ketones (excluding diaryl/α,β-unsaturated/α-hetero) is 1. The molecule has 0 aliphatic rings. The Kier molecular flexibility index (Phi) is 4.27. The minimum atomic E-state index is -4.80. The van der Waals surface area contributed by atoms with Crippen LogP contribution in [0.4, 0.5) is 17.6 Å². The monoisotopic (exact) mass is 260 g/mol. The maximum Gasteiger partial charge on any atom is 0.419 e. The third-order valence-electron chi connectivity index (χ3n) is 2.50. The third-order valence-corrected chi connectivity index (χ3v) is 2.50. The van der Waals surface area contributed by atoms with Gasteiger partial charge in [0.05, 0.1) is 5.56 Å². The van der Waals surface area contributed by atoms with E-state index in [9.17, 15) is 22.4 Å². The summed E-state index contributed by atoms with van der Waals surface area (Å²) in [4.78, 5) is 11.7. The number of allylic oxidation sites excluding steroid dienone is 1. The number of alkyl halides is 3. The predicted octanol–water partition coefficient (Wildman–Crippen LogP) is 4.38. The first-order chi connectivity index (χ1) is 8.25. The Morgan fingerprint density at radius 2 is 1.94 bits per heavy atom. The van der Waals surface area contributed by atoms with Crippen molar-refractivity contribution >= 4 is 5.78 Å². The molecule has 0 atom stereocenters. The number of hydrogen-bond donors (Lipinski definition) is 0. The average molecular weight is 260 g/mol. The summed E-state index contributed by atoms with van der Waals surface area (Å²) in [7, 11) is 0. The molecule has 0 saturated carbocycles. The molecule has 0 fully saturated rings. The number of carbonyl (C=O) groups is 1. The minimum Gasteiger partial charge on any atom is -0.294 e. The molecule has 1 rings (SSSR count). The Labute approximate surface area is 102 Å². The molecule has 0 unspecified atom stereocenters. The van der Waals surface area contributed by atoms with Gasteiger partial charge in [0.1, 0.15) is 5.82 Å². The van der Waals surface area contributed by atoms with E-state index in [0.717, 1.165) is 6.07 Å². The van der Waals surface area contributed by atoms with Crippen LogP contribution in [0.3, 0.4) is 0 Å². The molecule has 0 aliphatic carbocycles. The molecule has 1 nitrogen and oxygen atoms in total. The topological polar surface area (TPSA) is 17.1 Å². The summed E-state index contributed by atoms with van der Waals surface area (Å²) >= 11 is 0. The van der Waals surface area contributed by atoms with Crippen LogP contribution >= 0.6 is 0 Å². The molecule has 0 spiro atoms. The lowest BCUT2D eigenvalue weighted by atomic mass is 10.0. The Bertz CT molecular complexity index is 474. The number of carbonyl (C=O) groups excluding carboxylic acids is 1. The van der Waals surface area contributed by atoms with Crippen molar-refractivity contribution in [3.8, 4) is 0 Å². The summed E-state index contributed by atoms with van der Waals surface area (Å²) in [6, 6.07) is 2.25. The van der Waals surface area contributed by atoms with Crippen molar-refractivity contribution in [1.29, 1.82) is 0 Å². The first-order valence-corrected chi connectivity index (χ1v) is 5.32. The summed E-state index contributed by atoms with van der Waals surface area (Å²) in [5.41, 5.74) is -0.952. The van der Waals surface area contributed by atoms with Crippen LogP contribution in [0, 0.1) is 5.82 Å². The van der Waals surface area contributed by atoms with Gasteiger partial charge in [0.15, 0.2) is 5.78 Å². The molecule has 0 heterocycles. The van der Waals surface area contributed by atoms with Crippen LogP contribution in [0.5, 0.6) is 0 Å². The van der Waals surface area contributed by atoms with E-state index < -0.39 is 23.3 Å². The lowest BCUT2D eigenvalue weighted by Crippen LogP contribution is -2.10. The van der Waals surface area contributed by atoms with Gasteiger partial charge in [0.2, 0.25) is 0 Å². The molecule has 0 amide bonds. The fraction of sp³-hybridized carbons (Fsp3) is 0.308. The molecular formula is C13H12F4O. The van der Waals surface area contributed by atoms with Gasteiger partial charge in [-0.3, -0.25) is 4.79 Å².